The van der Waals surface area contributed by atoms with Crippen LogP contribution in [0.5, 0.6) is 5.75 Å². The van der Waals surface area contributed by atoms with Crippen LogP contribution in [-0.2, 0) is 6.61 Å². The van der Waals surface area contributed by atoms with Gasteiger partial charge in [0, 0.05) is 27.2 Å². The molecule has 138 valence electrons. The van der Waals surface area contributed by atoms with Crippen molar-refractivity contribution in [3.63, 3.8) is 0 Å². The molecule has 0 radical (unpaired) electrons. The third kappa shape index (κ3) is 5.07. The second-order valence-corrected chi connectivity index (χ2v) is 7.89. The second-order valence-electron chi connectivity index (χ2n) is 6.60. The number of carbonyl (C=O) groups excluding carboxylic acids is 1. The quantitative estimate of drug-likeness (QED) is 0.661. The number of likely N-dealkylation sites (tertiary alicyclic amines) is 1. The lowest BCUT2D eigenvalue weighted by Crippen LogP contribution is -2.29. The maximum atomic E-state index is 12.6. The Bertz CT molecular complexity index is 784. The molecule has 3 rings (SSSR count). The molecule has 1 heterocycles. The van der Waals surface area contributed by atoms with Gasteiger partial charge in [0.25, 0.3) is 0 Å². The van der Waals surface area contributed by atoms with Gasteiger partial charge in [0.15, 0.2) is 5.78 Å². The molecule has 1 aliphatic rings. The molecular formula is C20H22BrClN2O2. The molecule has 4 nitrogen and oxygen atoms in total. The minimum atomic E-state index is 0.112. The van der Waals surface area contributed by atoms with Crippen LogP contribution in [0.25, 0.3) is 0 Å². The van der Waals surface area contributed by atoms with E-state index in [1.54, 1.807) is 0 Å². The number of hydrogen-bond acceptors (Lipinski definition) is 4. The van der Waals surface area contributed by atoms with Gasteiger partial charge in [-0.3, -0.25) is 9.69 Å². The van der Waals surface area contributed by atoms with Gasteiger partial charge in [0.1, 0.15) is 12.4 Å². The minimum absolute atomic E-state index is 0.112. The summed E-state index contributed by atoms with van der Waals surface area (Å²) in [5.41, 5.74) is 7.39. The van der Waals surface area contributed by atoms with E-state index in [0.29, 0.717) is 41.9 Å². The Balaban J connectivity index is 1.60. The van der Waals surface area contributed by atoms with Crippen LogP contribution >= 0.6 is 27.5 Å². The number of nitrogens with zero attached hydrogens (tertiary/aromatic N) is 1. The monoisotopic (exact) mass is 436 g/mol. The molecule has 1 unspecified atom stereocenters. The average Bonchev–Trinajstić information content (AvgIpc) is 3.09. The topological polar surface area (TPSA) is 55.6 Å². The van der Waals surface area contributed by atoms with Crippen molar-refractivity contribution in [2.24, 2.45) is 11.7 Å². The molecule has 0 bridgehead atoms. The Morgan fingerprint density at radius 3 is 2.88 bits per heavy atom. The maximum absolute atomic E-state index is 12.6. The summed E-state index contributed by atoms with van der Waals surface area (Å²) in [4.78, 5) is 14.7. The van der Waals surface area contributed by atoms with E-state index in [0.717, 1.165) is 29.5 Å². The van der Waals surface area contributed by atoms with Crippen molar-refractivity contribution in [2.45, 2.75) is 13.0 Å². The van der Waals surface area contributed by atoms with Crippen molar-refractivity contribution in [3.8, 4) is 5.75 Å². The molecule has 6 heteroatoms. The van der Waals surface area contributed by atoms with Gasteiger partial charge < -0.3 is 10.5 Å². The van der Waals surface area contributed by atoms with Crippen molar-refractivity contribution in [2.75, 3.05) is 26.2 Å². The SMILES string of the molecule is NCC1CCN(CC(=O)c2cccc(OCc3ccc(Cl)cc3Br)c2)C1. The highest BCUT2D eigenvalue weighted by atomic mass is 79.9. The Morgan fingerprint density at radius 2 is 2.15 bits per heavy atom. The summed E-state index contributed by atoms with van der Waals surface area (Å²) in [6, 6.07) is 12.9. The number of halogens is 2. The minimum Gasteiger partial charge on any atom is -0.489 e. The lowest BCUT2D eigenvalue weighted by atomic mass is 10.1. The zero-order chi connectivity index (χ0) is 18.5. The third-order valence-electron chi connectivity index (χ3n) is 4.64. The number of hydrogen-bond donors (Lipinski definition) is 1. The van der Waals surface area contributed by atoms with E-state index in [2.05, 4.69) is 20.8 Å². The van der Waals surface area contributed by atoms with Crippen LogP contribution in [-0.4, -0.2) is 36.9 Å². The summed E-state index contributed by atoms with van der Waals surface area (Å²) in [6.45, 7) is 3.37. The molecule has 1 saturated heterocycles. The van der Waals surface area contributed by atoms with Crippen LogP contribution in [0.1, 0.15) is 22.3 Å². The van der Waals surface area contributed by atoms with E-state index in [1.807, 2.05) is 42.5 Å². The lowest BCUT2D eigenvalue weighted by Gasteiger charge is -2.15. The van der Waals surface area contributed by atoms with Crippen LogP contribution in [0.15, 0.2) is 46.9 Å². The van der Waals surface area contributed by atoms with Gasteiger partial charge in [-0.2, -0.15) is 0 Å². The summed E-state index contributed by atoms with van der Waals surface area (Å²) in [5, 5.41) is 0.673. The van der Waals surface area contributed by atoms with E-state index < -0.39 is 0 Å². The van der Waals surface area contributed by atoms with Gasteiger partial charge in [0.05, 0.1) is 6.54 Å². The molecule has 0 spiro atoms. The largest absolute Gasteiger partial charge is 0.489 e. The first-order valence-corrected chi connectivity index (χ1v) is 9.84. The normalized spacial score (nSPS) is 17.4. The summed E-state index contributed by atoms with van der Waals surface area (Å²) in [6.07, 6.45) is 1.07. The molecule has 0 aromatic heterocycles. The first-order chi connectivity index (χ1) is 12.5. The molecule has 0 amide bonds. The van der Waals surface area contributed by atoms with Crippen LogP contribution < -0.4 is 10.5 Å². The zero-order valence-corrected chi connectivity index (χ0v) is 16.8. The molecule has 0 saturated carbocycles. The molecule has 2 aromatic rings. The number of Topliss-reactive ketones (excluding diaryl/α,β-unsaturated/α-hetero) is 1. The Morgan fingerprint density at radius 1 is 1.31 bits per heavy atom. The number of benzene rings is 2. The molecule has 2 N–H and O–H groups in total. The van der Waals surface area contributed by atoms with E-state index in [1.165, 1.54) is 0 Å². The molecule has 1 fully saturated rings. The fourth-order valence-electron chi connectivity index (χ4n) is 3.10. The Labute approximate surface area is 167 Å². The fraction of sp³-hybridized carbons (Fsp3) is 0.350. The van der Waals surface area contributed by atoms with Crippen LogP contribution in [0.3, 0.4) is 0 Å². The van der Waals surface area contributed by atoms with Gasteiger partial charge in [-0.25, -0.2) is 0 Å². The van der Waals surface area contributed by atoms with Crippen LogP contribution in [0.4, 0.5) is 0 Å². The number of ether oxygens (including phenoxy) is 1. The molecule has 1 atom stereocenters. The molecule has 2 aromatic carbocycles. The van der Waals surface area contributed by atoms with Crippen LogP contribution in [0.2, 0.25) is 5.02 Å². The van der Waals surface area contributed by atoms with Crippen molar-refractivity contribution < 1.29 is 9.53 Å². The smallest absolute Gasteiger partial charge is 0.176 e. The van der Waals surface area contributed by atoms with Gasteiger partial charge in [0.2, 0.25) is 0 Å². The number of carbonyl (C=O) groups is 1. The van der Waals surface area contributed by atoms with Crippen molar-refractivity contribution in [3.05, 3.63) is 63.1 Å². The zero-order valence-electron chi connectivity index (χ0n) is 14.5. The molecular weight excluding hydrogens is 416 g/mol. The first-order valence-electron chi connectivity index (χ1n) is 8.67. The predicted octanol–water partition coefficient (Wildman–Crippen LogP) is 4.14. The Hall–Kier alpha value is -1.40. The van der Waals surface area contributed by atoms with E-state index in [9.17, 15) is 4.79 Å². The molecule has 26 heavy (non-hydrogen) atoms. The van der Waals surface area contributed by atoms with Crippen molar-refractivity contribution in [1.82, 2.24) is 4.90 Å². The Kier molecular flexibility index (Phi) is 6.70. The summed E-state index contributed by atoms with van der Waals surface area (Å²) in [7, 11) is 0. The summed E-state index contributed by atoms with van der Waals surface area (Å²) < 4.78 is 6.76. The highest BCUT2D eigenvalue weighted by Crippen LogP contribution is 2.24. The maximum Gasteiger partial charge on any atom is 0.176 e. The van der Waals surface area contributed by atoms with Crippen molar-refractivity contribution >= 4 is 33.3 Å². The molecule has 0 aliphatic carbocycles. The fourth-order valence-corrected chi connectivity index (χ4v) is 3.90. The summed E-state index contributed by atoms with van der Waals surface area (Å²) in [5.74, 6) is 1.30. The average molecular weight is 438 g/mol. The van der Waals surface area contributed by atoms with E-state index >= 15 is 0 Å². The third-order valence-corrected chi connectivity index (χ3v) is 5.61. The van der Waals surface area contributed by atoms with E-state index in [-0.39, 0.29) is 5.78 Å². The lowest BCUT2D eigenvalue weighted by molar-refractivity contribution is 0.0943. The van der Waals surface area contributed by atoms with Crippen LogP contribution in [0, 0.1) is 5.92 Å². The highest BCUT2D eigenvalue weighted by Gasteiger charge is 2.23. The number of nitrogens with two attached hydrogens (primary N) is 1. The highest BCUT2D eigenvalue weighted by molar-refractivity contribution is 9.10. The van der Waals surface area contributed by atoms with Gasteiger partial charge >= 0.3 is 0 Å². The first kappa shape index (κ1) is 19.4. The predicted molar refractivity (Wildman–Crippen MR) is 108 cm³/mol. The number of ketones is 1. The van der Waals surface area contributed by atoms with Gasteiger partial charge in [-0.1, -0.05) is 45.7 Å². The van der Waals surface area contributed by atoms with E-state index in [4.69, 9.17) is 22.1 Å². The number of rotatable bonds is 7. The van der Waals surface area contributed by atoms with Gasteiger partial charge in [-0.05, 0) is 49.7 Å². The van der Waals surface area contributed by atoms with Crippen molar-refractivity contribution in [1.29, 1.82) is 0 Å². The standard InChI is InChI=1S/C20H22BrClN2O2/c21-19-9-17(22)5-4-16(19)13-26-18-3-1-2-15(8-18)20(25)12-24-7-6-14(10-23)11-24/h1-5,8-9,14H,6-7,10-13,23H2. The molecule has 1 aliphatic heterocycles. The summed E-state index contributed by atoms with van der Waals surface area (Å²) >= 11 is 9.44. The van der Waals surface area contributed by atoms with Gasteiger partial charge in [-0.15, -0.1) is 0 Å². The second kappa shape index (κ2) is 9.00.